The molecule has 0 amide bonds. The summed E-state index contributed by atoms with van der Waals surface area (Å²) in [6.07, 6.45) is 0. The number of hydrogen-bond donors (Lipinski definition) is 0. The molecule has 0 bridgehead atoms. The highest BCUT2D eigenvalue weighted by atomic mass is 14.3. The molecule has 0 N–H and O–H groups in total. The van der Waals surface area contributed by atoms with Crippen molar-refractivity contribution in [2.24, 2.45) is 0 Å². The number of hydrogen-bond acceptors (Lipinski definition) is 0. The molecule has 48 heavy (non-hydrogen) atoms. The summed E-state index contributed by atoms with van der Waals surface area (Å²) in [5, 5.41) is 18.5. The van der Waals surface area contributed by atoms with Crippen LogP contribution in [0.1, 0.15) is 0 Å². The summed E-state index contributed by atoms with van der Waals surface area (Å²) in [6, 6.07) is 63.2. The van der Waals surface area contributed by atoms with Gasteiger partial charge >= 0.3 is 0 Å². The Labute approximate surface area is 277 Å². The van der Waals surface area contributed by atoms with Gasteiger partial charge in [0.1, 0.15) is 0 Å². The lowest BCUT2D eigenvalue weighted by atomic mass is 9.83. The van der Waals surface area contributed by atoms with E-state index in [0.29, 0.717) is 0 Å². The fourth-order valence-corrected chi connectivity index (χ4v) is 8.82. The molecule has 0 unspecified atom stereocenters. The van der Waals surface area contributed by atoms with Crippen molar-refractivity contribution >= 4 is 75.4 Å². The summed E-state index contributed by atoms with van der Waals surface area (Å²) in [5.41, 5.74) is 7.63. The molecule has 0 aromatic heterocycles. The predicted octanol–water partition coefficient (Wildman–Crippen LogP) is 13.6. The van der Waals surface area contributed by atoms with Crippen LogP contribution in [-0.4, -0.2) is 0 Å². The van der Waals surface area contributed by atoms with Crippen molar-refractivity contribution in [3.05, 3.63) is 170 Å². The molecule has 0 heteroatoms. The zero-order chi connectivity index (χ0) is 31.3. The van der Waals surface area contributed by atoms with Gasteiger partial charge in [0, 0.05) is 0 Å². The van der Waals surface area contributed by atoms with Crippen LogP contribution in [0.5, 0.6) is 0 Å². The first-order valence-corrected chi connectivity index (χ1v) is 16.8. The standard InChI is InChI=1S/C48H28/c1-3-13-29(14-4-1)33-21-7-8-22-34(33)46-42-28-40-36-24-10-18-30-17-9-23-35(43(30)36)39(40)27-41(42)45(32-15-5-2-6-16-32)47-37-25-11-19-31-20-12-26-38(44(31)37)48(46)47/h1-28H. The third kappa shape index (κ3) is 3.39. The van der Waals surface area contributed by atoms with Crippen molar-refractivity contribution in [3.63, 3.8) is 0 Å². The third-order valence-corrected chi connectivity index (χ3v) is 10.7. The highest BCUT2D eigenvalue weighted by Gasteiger charge is 2.25. The largest absolute Gasteiger partial charge is 0.0622 e. The van der Waals surface area contributed by atoms with Gasteiger partial charge in [-0.05, 0) is 121 Å². The molecule has 0 aliphatic carbocycles. The fraction of sp³-hybridized carbons (Fsp3) is 0. The van der Waals surface area contributed by atoms with Crippen LogP contribution in [0.25, 0.3) is 109 Å². The zero-order valence-electron chi connectivity index (χ0n) is 26.2. The molecule has 0 atom stereocenters. The molecule has 220 valence electrons. The van der Waals surface area contributed by atoms with Crippen LogP contribution in [-0.2, 0) is 0 Å². The van der Waals surface area contributed by atoms with E-state index >= 15 is 0 Å². The highest BCUT2D eigenvalue weighted by Crippen LogP contribution is 2.54. The van der Waals surface area contributed by atoms with Crippen LogP contribution >= 0.6 is 0 Å². The van der Waals surface area contributed by atoms with Gasteiger partial charge in [-0.3, -0.25) is 0 Å². The monoisotopic (exact) mass is 604 g/mol. The summed E-state index contributed by atoms with van der Waals surface area (Å²) in [6.45, 7) is 0. The van der Waals surface area contributed by atoms with Gasteiger partial charge < -0.3 is 0 Å². The highest BCUT2D eigenvalue weighted by molar-refractivity contribution is 6.42. The van der Waals surface area contributed by atoms with Crippen LogP contribution in [0.2, 0.25) is 0 Å². The molecule has 0 aliphatic heterocycles. The van der Waals surface area contributed by atoms with E-state index in [1.807, 2.05) is 0 Å². The second-order valence-corrected chi connectivity index (χ2v) is 13.1. The topological polar surface area (TPSA) is 0 Å². The van der Waals surface area contributed by atoms with Gasteiger partial charge in [0.05, 0.1) is 0 Å². The Morgan fingerprint density at radius 2 is 0.667 bits per heavy atom. The molecule has 11 aromatic carbocycles. The molecule has 0 aliphatic rings. The Bertz CT molecular complexity index is 3010. The molecule has 0 radical (unpaired) electrons. The first kappa shape index (κ1) is 25.9. The summed E-state index contributed by atoms with van der Waals surface area (Å²) in [7, 11) is 0. The molecule has 11 aromatic rings. The summed E-state index contributed by atoms with van der Waals surface area (Å²) < 4.78 is 0. The first-order valence-electron chi connectivity index (χ1n) is 16.8. The predicted molar refractivity (Wildman–Crippen MR) is 208 cm³/mol. The second kappa shape index (κ2) is 9.64. The normalized spacial score (nSPS) is 12.2. The Kier molecular flexibility index (Phi) is 5.20. The number of fused-ring (bicyclic) bond motifs is 7. The van der Waals surface area contributed by atoms with Crippen LogP contribution in [0.4, 0.5) is 0 Å². The minimum atomic E-state index is 1.23. The SMILES string of the molecule is c1ccc(-c2ccccc2-c2c3cc4c(cc3c(-c3ccccc3)c3c5cccc6cccc(c23)c65)c2cccc3cccc4c32)cc1. The molecule has 11 rings (SSSR count). The summed E-state index contributed by atoms with van der Waals surface area (Å²) >= 11 is 0. The van der Waals surface area contributed by atoms with Gasteiger partial charge in [0.2, 0.25) is 0 Å². The quantitative estimate of drug-likeness (QED) is 0.188. The van der Waals surface area contributed by atoms with Crippen molar-refractivity contribution in [2.75, 3.05) is 0 Å². The fourth-order valence-electron chi connectivity index (χ4n) is 8.82. The van der Waals surface area contributed by atoms with E-state index < -0.39 is 0 Å². The lowest BCUT2D eigenvalue weighted by molar-refractivity contribution is 1.61. The second-order valence-electron chi connectivity index (χ2n) is 13.1. The maximum absolute atomic E-state index is 2.52. The lowest BCUT2D eigenvalue weighted by Crippen LogP contribution is -1.92. The zero-order valence-corrected chi connectivity index (χ0v) is 26.2. The van der Waals surface area contributed by atoms with E-state index in [1.165, 1.54) is 109 Å². The molecular formula is C48H28. The van der Waals surface area contributed by atoms with E-state index in [2.05, 4.69) is 170 Å². The van der Waals surface area contributed by atoms with Gasteiger partial charge in [0.15, 0.2) is 0 Å². The van der Waals surface area contributed by atoms with Crippen LogP contribution < -0.4 is 0 Å². The maximum atomic E-state index is 2.52. The first-order chi connectivity index (χ1) is 23.8. The number of rotatable bonds is 3. The van der Waals surface area contributed by atoms with Gasteiger partial charge in [-0.1, -0.05) is 158 Å². The van der Waals surface area contributed by atoms with E-state index in [9.17, 15) is 0 Å². The summed E-state index contributed by atoms with van der Waals surface area (Å²) in [5.74, 6) is 0. The summed E-state index contributed by atoms with van der Waals surface area (Å²) in [4.78, 5) is 0. The Morgan fingerprint density at radius 3 is 1.25 bits per heavy atom. The Balaban J connectivity index is 1.47. The van der Waals surface area contributed by atoms with Crippen LogP contribution in [0.15, 0.2) is 170 Å². The van der Waals surface area contributed by atoms with Gasteiger partial charge in [0.25, 0.3) is 0 Å². The average molecular weight is 605 g/mol. The minimum absolute atomic E-state index is 1.23. The molecule has 0 saturated heterocycles. The van der Waals surface area contributed by atoms with Crippen molar-refractivity contribution in [1.29, 1.82) is 0 Å². The van der Waals surface area contributed by atoms with Gasteiger partial charge in [-0.15, -0.1) is 0 Å². The van der Waals surface area contributed by atoms with E-state index in [4.69, 9.17) is 0 Å². The Hall–Kier alpha value is -6.24. The van der Waals surface area contributed by atoms with Crippen molar-refractivity contribution in [3.8, 4) is 33.4 Å². The van der Waals surface area contributed by atoms with Crippen LogP contribution in [0.3, 0.4) is 0 Å². The van der Waals surface area contributed by atoms with E-state index in [-0.39, 0.29) is 0 Å². The molecule has 0 saturated carbocycles. The smallest absolute Gasteiger partial charge is 0.000719 e. The lowest BCUT2D eigenvalue weighted by Gasteiger charge is -2.19. The molecule has 0 heterocycles. The van der Waals surface area contributed by atoms with Crippen molar-refractivity contribution in [1.82, 2.24) is 0 Å². The molecule has 0 fully saturated rings. The van der Waals surface area contributed by atoms with Crippen LogP contribution in [0, 0.1) is 0 Å². The van der Waals surface area contributed by atoms with E-state index in [0.717, 1.165) is 0 Å². The molecule has 0 nitrogen and oxygen atoms in total. The third-order valence-electron chi connectivity index (χ3n) is 10.7. The molecule has 0 spiro atoms. The minimum Gasteiger partial charge on any atom is -0.0622 e. The maximum Gasteiger partial charge on any atom is -0.000719 e. The Morgan fingerprint density at radius 1 is 0.229 bits per heavy atom. The van der Waals surface area contributed by atoms with Crippen molar-refractivity contribution < 1.29 is 0 Å². The molecular weight excluding hydrogens is 577 g/mol. The van der Waals surface area contributed by atoms with Gasteiger partial charge in [-0.2, -0.15) is 0 Å². The van der Waals surface area contributed by atoms with Gasteiger partial charge in [-0.25, -0.2) is 0 Å². The van der Waals surface area contributed by atoms with Crippen molar-refractivity contribution in [2.45, 2.75) is 0 Å². The number of benzene rings is 9. The van der Waals surface area contributed by atoms with E-state index in [1.54, 1.807) is 0 Å². The average Bonchev–Trinajstić information content (AvgIpc) is 3.65.